The molecule has 112 valence electrons. The van der Waals surface area contributed by atoms with Crippen LogP contribution in [0.3, 0.4) is 0 Å². The molecule has 0 amide bonds. The third-order valence-electron chi connectivity index (χ3n) is 2.62. The summed E-state index contributed by atoms with van der Waals surface area (Å²) in [5.74, 6) is 0. The molecule has 0 aromatic heterocycles. The van der Waals surface area contributed by atoms with Crippen molar-refractivity contribution in [3.63, 3.8) is 0 Å². The Morgan fingerprint density at radius 1 is 0.619 bits per heavy atom. The van der Waals surface area contributed by atoms with E-state index in [2.05, 4.69) is 100 Å². The second kappa shape index (κ2) is 8.49. The van der Waals surface area contributed by atoms with Crippen molar-refractivity contribution < 1.29 is 0 Å². The third kappa shape index (κ3) is 4.70. The van der Waals surface area contributed by atoms with E-state index in [0.717, 1.165) is 17.9 Å². The number of benzene rings is 2. The molecule has 0 aliphatic carbocycles. The van der Waals surface area contributed by atoms with Crippen LogP contribution in [0, 0.1) is 0 Å². The Hall–Kier alpha value is 1.41. The van der Waals surface area contributed by atoms with E-state index in [1.807, 2.05) is 0 Å². The zero-order valence-electron chi connectivity index (χ0n) is 11.0. The van der Waals surface area contributed by atoms with Crippen LogP contribution in [0.15, 0.2) is 61.7 Å². The fourth-order valence-electron chi connectivity index (χ4n) is 1.61. The van der Waals surface area contributed by atoms with Gasteiger partial charge in [-0.05, 0) is 100 Å². The summed E-state index contributed by atoms with van der Waals surface area (Å²) in [6.07, 6.45) is 4.16. The summed E-state index contributed by atoms with van der Waals surface area (Å²) in [5, 5.41) is 0. The Kier molecular flexibility index (Phi) is 7.58. The molecule has 0 nitrogen and oxygen atoms in total. The van der Waals surface area contributed by atoms with Gasteiger partial charge in [-0.2, -0.15) is 0 Å². The van der Waals surface area contributed by atoms with Gasteiger partial charge in [-0.1, -0.05) is 11.8 Å². The van der Waals surface area contributed by atoms with Crippen LogP contribution in [-0.2, 0) is 0 Å². The lowest BCUT2D eigenvalue weighted by Crippen LogP contribution is -1.85. The molecule has 2 rings (SSSR count). The van der Waals surface area contributed by atoms with Crippen molar-refractivity contribution in [1.82, 2.24) is 0 Å². The van der Waals surface area contributed by atoms with Crippen molar-refractivity contribution in [3.8, 4) is 0 Å². The quantitative estimate of drug-likeness (QED) is 0.327. The molecule has 7 heteroatoms. The van der Waals surface area contributed by atoms with Crippen molar-refractivity contribution >= 4 is 99.0 Å². The minimum absolute atomic E-state index is 1.10. The molecule has 0 saturated heterocycles. The Bertz CT molecular complexity index is 570. The van der Waals surface area contributed by atoms with Crippen LogP contribution in [0.4, 0.5) is 0 Å². The van der Waals surface area contributed by atoms with Crippen molar-refractivity contribution in [2.45, 2.75) is 19.6 Å². The van der Waals surface area contributed by atoms with E-state index in [1.165, 1.54) is 19.6 Å². The van der Waals surface area contributed by atoms with Crippen LogP contribution in [0.2, 0.25) is 0 Å². The maximum absolute atomic E-state index is 3.67. The first-order valence-electron chi connectivity index (χ1n) is 5.70. The van der Waals surface area contributed by atoms with Crippen LogP contribution >= 0.6 is 99.0 Å². The van der Waals surface area contributed by atoms with Gasteiger partial charge >= 0.3 is 0 Å². The van der Waals surface area contributed by atoms with Gasteiger partial charge in [-0.15, -0.1) is 23.5 Å². The van der Waals surface area contributed by atoms with Gasteiger partial charge in [0.05, 0.1) is 0 Å². The molecule has 0 atom stereocenters. The highest BCUT2D eigenvalue weighted by atomic mass is 79.9. The highest BCUT2D eigenvalue weighted by Crippen LogP contribution is 2.46. The standard InChI is InChI=1S/C14H10Br4S3/c1-19-7-3-9(15)13(10(16)4-7)21-14-11(17)5-8(20-2)6-12(14)18/h3-6H,1-2H3. The van der Waals surface area contributed by atoms with Crippen LogP contribution < -0.4 is 0 Å². The summed E-state index contributed by atoms with van der Waals surface area (Å²) in [6.45, 7) is 0. The Morgan fingerprint density at radius 2 is 0.905 bits per heavy atom. The second-order valence-corrected chi connectivity index (χ2v) is 10.1. The molecule has 0 N–H and O–H groups in total. The molecular formula is C14H10Br4S3. The average Bonchev–Trinajstić information content (AvgIpc) is 2.44. The molecule has 0 unspecified atom stereocenters. The monoisotopic (exact) mass is 590 g/mol. The molecular weight excluding hydrogens is 584 g/mol. The van der Waals surface area contributed by atoms with Crippen LogP contribution in [0.1, 0.15) is 0 Å². The molecule has 0 fully saturated rings. The third-order valence-corrected chi connectivity index (χ3v) is 8.87. The zero-order chi connectivity index (χ0) is 15.6. The zero-order valence-corrected chi connectivity index (χ0v) is 19.8. The lowest BCUT2D eigenvalue weighted by molar-refractivity contribution is 1.24. The van der Waals surface area contributed by atoms with Crippen molar-refractivity contribution in [1.29, 1.82) is 0 Å². The Labute approximate surface area is 171 Å². The summed E-state index contributed by atoms with van der Waals surface area (Å²) in [4.78, 5) is 4.81. The number of thioether (sulfide) groups is 2. The largest absolute Gasteiger partial charge is 0.130 e. The number of rotatable bonds is 4. The van der Waals surface area contributed by atoms with Gasteiger partial charge in [0.15, 0.2) is 0 Å². The van der Waals surface area contributed by atoms with E-state index in [0.29, 0.717) is 0 Å². The highest BCUT2D eigenvalue weighted by molar-refractivity contribution is 9.11. The predicted octanol–water partition coefficient (Wildman–Crippen LogP) is 8.33. The predicted molar refractivity (Wildman–Crippen MR) is 111 cm³/mol. The second-order valence-electron chi connectivity index (χ2n) is 3.94. The maximum atomic E-state index is 3.67. The number of halogens is 4. The number of hydrogen-bond acceptors (Lipinski definition) is 3. The summed E-state index contributed by atoms with van der Waals surface area (Å²) < 4.78 is 4.39. The minimum atomic E-state index is 1.10. The minimum Gasteiger partial charge on any atom is -0.130 e. The van der Waals surface area contributed by atoms with Gasteiger partial charge in [0.25, 0.3) is 0 Å². The van der Waals surface area contributed by atoms with Crippen LogP contribution in [0.5, 0.6) is 0 Å². The summed E-state index contributed by atoms with van der Waals surface area (Å²) in [6, 6.07) is 8.59. The SMILES string of the molecule is CSc1cc(Br)c(Sc2c(Br)cc(SC)cc2Br)c(Br)c1. The summed E-state index contributed by atoms with van der Waals surface area (Å²) >= 11 is 19.9. The van der Waals surface area contributed by atoms with Crippen molar-refractivity contribution in [2.24, 2.45) is 0 Å². The van der Waals surface area contributed by atoms with E-state index in [9.17, 15) is 0 Å². The average molecular weight is 594 g/mol. The van der Waals surface area contributed by atoms with E-state index in [-0.39, 0.29) is 0 Å². The Balaban J connectivity index is 2.43. The number of hydrogen-bond donors (Lipinski definition) is 0. The lowest BCUT2D eigenvalue weighted by Gasteiger charge is -2.13. The Morgan fingerprint density at radius 3 is 1.14 bits per heavy atom. The van der Waals surface area contributed by atoms with E-state index >= 15 is 0 Å². The van der Waals surface area contributed by atoms with Gasteiger partial charge < -0.3 is 0 Å². The first-order valence-corrected chi connectivity index (χ1v) is 12.1. The van der Waals surface area contributed by atoms with E-state index in [1.54, 1.807) is 35.3 Å². The van der Waals surface area contributed by atoms with Gasteiger partial charge in [0, 0.05) is 37.5 Å². The van der Waals surface area contributed by atoms with Crippen LogP contribution in [0.25, 0.3) is 0 Å². The molecule has 21 heavy (non-hydrogen) atoms. The van der Waals surface area contributed by atoms with E-state index < -0.39 is 0 Å². The molecule has 0 radical (unpaired) electrons. The van der Waals surface area contributed by atoms with Gasteiger partial charge in [0.2, 0.25) is 0 Å². The van der Waals surface area contributed by atoms with E-state index in [4.69, 9.17) is 0 Å². The maximum Gasteiger partial charge on any atom is 0.0408 e. The molecule has 0 heterocycles. The van der Waals surface area contributed by atoms with Crippen molar-refractivity contribution in [2.75, 3.05) is 12.5 Å². The summed E-state index contributed by atoms with van der Waals surface area (Å²) in [7, 11) is 0. The van der Waals surface area contributed by atoms with Crippen LogP contribution in [-0.4, -0.2) is 12.5 Å². The molecule has 0 aliphatic heterocycles. The summed E-state index contributed by atoms with van der Waals surface area (Å²) in [5.41, 5.74) is 0. The molecule has 2 aromatic carbocycles. The normalized spacial score (nSPS) is 11.0. The molecule has 0 bridgehead atoms. The first-order chi connectivity index (χ1) is 9.96. The van der Waals surface area contributed by atoms with Crippen molar-refractivity contribution in [3.05, 3.63) is 42.2 Å². The highest BCUT2D eigenvalue weighted by Gasteiger charge is 2.14. The van der Waals surface area contributed by atoms with Gasteiger partial charge in [-0.25, -0.2) is 0 Å². The van der Waals surface area contributed by atoms with Gasteiger partial charge in [-0.3, -0.25) is 0 Å². The first kappa shape index (κ1) is 18.7. The molecule has 0 aliphatic rings. The fourth-order valence-corrected chi connectivity index (χ4v) is 7.33. The van der Waals surface area contributed by atoms with Gasteiger partial charge in [0.1, 0.15) is 0 Å². The smallest absolute Gasteiger partial charge is 0.0408 e. The fraction of sp³-hybridized carbons (Fsp3) is 0.143. The molecule has 0 saturated carbocycles. The molecule has 2 aromatic rings. The lowest BCUT2D eigenvalue weighted by atomic mass is 10.4. The topological polar surface area (TPSA) is 0 Å². The molecule has 0 spiro atoms.